The van der Waals surface area contributed by atoms with Crippen LogP contribution in [0.1, 0.15) is 104 Å². The number of methoxy groups -OCH3 is 1. The van der Waals surface area contributed by atoms with Gasteiger partial charge in [0.15, 0.2) is 17.9 Å². The van der Waals surface area contributed by atoms with Crippen molar-refractivity contribution in [3.63, 3.8) is 0 Å². The number of benzene rings is 1. The molecule has 5 N–H and O–H groups in total. The van der Waals surface area contributed by atoms with Gasteiger partial charge in [0.2, 0.25) is 11.3 Å². The van der Waals surface area contributed by atoms with Gasteiger partial charge < -0.3 is 63.8 Å². The maximum atomic E-state index is 16.5. The molecular weight excluding hydrogens is 914 g/mol. The van der Waals surface area contributed by atoms with E-state index in [-0.39, 0.29) is 54.8 Å². The van der Waals surface area contributed by atoms with Crippen molar-refractivity contribution in [2.75, 3.05) is 65.4 Å². The molecule has 70 heavy (non-hydrogen) atoms. The first-order valence-electron chi connectivity index (χ1n) is 24.7. The third-order valence-electron chi connectivity index (χ3n) is 15.0. The first-order valence-corrected chi connectivity index (χ1v) is 24.7. The zero-order valence-electron chi connectivity index (χ0n) is 42.6. The van der Waals surface area contributed by atoms with E-state index in [9.17, 15) is 44.4 Å². The predicted octanol–water partition coefficient (Wildman–Crippen LogP) is 2.15. The molecule has 1 saturated carbocycles. The number of carbonyl (C=O) groups excluding carboxylic acids is 4. The van der Waals surface area contributed by atoms with E-state index < -0.39 is 113 Å². The van der Waals surface area contributed by atoms with E-state index in [0.717, 1.165) is 12.8 Å². The van der Waals surface area contributed by atoms with Crippen LogP contribution in [0, 0.1) is 23.6 Å². The number of hydrogen-bond donors (Lipinski definition) is 5. The number of amides is 1. The quantitative estimate of drug-likeness (QED) is 0.151. The van der Waals surface area contributed by atoms with Crippen LogP contribution in [0.15, 0.2) is 23.1 Å². The monoisotopic (exact) mass is 990 g/mol. The fourth-order valence-corrected chi connectivity index (χ4v) is 10.6. The van der Waals surface area contributed by atoms with Crippen LogP contribution < -0.4 is 15.6 Å². The fraction of sp³-hybridized carbons (Fsp3) is 0.740. The Labute approximate surface area is 409 Å². The summed E-state index contributed by atoms with van der Waals surface area (Å²) in [5.74, 6) is -7.49. The molecule has 0 radical (unpaired) electrons. The molecule has 19 nitrogen and oxygen atoms in total. The number of pyridine rings is 1. The molecule has 392 valence electrons. The Bertz CT molecular complexity index is 2270. The van der Waals surface area contributed by atoms with Crippen LogP contribution in [0.25, 0.3) is 10.9 Å². The molecular formula is C50H76FN5O14. The Kier molecular flexibility index (Phi) is 17.6. The second-order valence-corrected chi connectivity index (χ2v) is 20.8. The van der Waals surface area contributed by atoms with Crippen molar-refractivity contribution in [2.24, 2.45) is 17.8 Å². The number of nitrogens with one attached hydrogen (secondary N) is 1. The molecule has 4 fully saturated rings. The Morgan fingerprint density at radius 3 is 2.27 bits per heavy atom. The summed E-state index contributed by atoms with van der Waals surface area (Å²) in [4.78, 5) is 73.8. The van der Waals surface area contributed by atoms with Gasteiger partial charge in [0.05, 0.1) is 66.2 Å². The number of esters is 2. The molecule has 3 aliphatic heterocycles. The van der Waals surface area contributed by atoms with E-state index in [1.807, 2.05) is 35.7 Å². The number of fused-ring (bicyclic) bond motifs is 1. The number of hydrogen-bond acceptors (Lipinski definition) is 17. The number of nitrogens with zero attached hydrogens (tertiary/aromatic N) is 4. The Hall–Kier alpha value is -4.12. The topological polar surface area (TPSA) is 239 Å². The fourth-order valence-electron chi connectivity index (χ4n) is 10.6. The third-order valence-corrected chi connectivity index (χ3v) is 15.0. The number of halogens is 1. The minimum Gasteiger partial charge on any atom is -0.465 e. The van der Waals surface area contributed by atoms with Crippen molar-refractivity contribution in [1.29, 1.82) is 0 Å². The molecule has 4 heterocycles. The second-order valence-electron chi connectivity index (χ2n) is 20.8. The van der Waals surface area contributed by atoms with E-state index in [0.29, 0.717) is 38.1 Å². The summed E-state index contributed by atoms with van der Waals surface area (Å²) in [6, 6.07) is 2.28. The van der Waals surface area contributed by atoms with Crippen LogP contribution in [-0.2, 0) is 38.1 Å². The molecule has 1 aliphatic carbocycles. The average molecular weight is 990 g/mol. The van der Waals surface area contributed by atoms with Gasteiger partial charge in [-0.05, 0) is 93.0 Å². The predicted molar refractivity (Wildman–Crippen MR) is 256 cm³/mol. The number of ketones is 1. The molecule has 0 bridgehead atoms. The van der Waals surface area contributed by atoms with Gasteiger partial charge in [-0.25, -0.2) is 9.18 Å². The summed E-state index contributed by atoms with van der Waals surface area (Å²) in [6.45, 7) is 13.8. The number of rotatable bonds is 12. The normalized spacial score (nSPS) is 35.0. The average Bonchev–Trinajstić information content (AvgIpc) is 4.17. The maximum absolute atomic E-state index is 16.5. The van der Waals surface area contributed by atoms with E-state index >= 15 is 4.39 Å². The summed E-state index contributed by atoms with van der Waals surface area (Å²) in [6.07, 6.45) is -4.56. The number of Topliss-reactive ketones (excluding diaryl/α,β-unsaturated/α-hetero) is 1. The number of β-amino-alcohol motifs (C(OH)–C–C–N with tert-alkyl or cyclic N) is 1. The summed E-state index contributed by atoms with van der Waals surface area (Å²) in [5, 5.41) is 48.9. The third kappa shape index (κ3) is 11.7. The molecule has 6 rings (SSSR count). The Balaban J connectivity index is 1.25. The summed E-state index contributed by atoms with van der Waals surface area (Å²) < 4.78 is 48.4. The molecule has 4 aliphatic rings. The molecule has 0 spiro atoms. The lowest BCUT2D eigenvalue weighted by atomic mass is 9.79. The van der Waals surface area contributed by atoms with Crippen molar-refractivity contribution in [1.82, 2.24) is 19.7 Å². The number of anilines is 1. The Morgan fingerprint density at radius 2 is 1.67 bits per heavy atom. The highest BCUT2D eigenvalue weighted by molar-refractivity contribution is 6.00. The Morgan fingerprint density at radius 1 is 1.01 bits per heavy atom. The standard InChI is InChI=1S/C50H76FN5O14/c1-12-37-50(8,65)43(61)30(6)45(62)52-26(2)22-49(7,44(28(4)40(58)29(5)46(63)69-37)70-48-42(60)36(53(9)10)21-27(3)68-48)67-25-32(57)23-54-17-19-55(20-18-54)35-16-15-34-38(39(35)51)41(59)33(47(64)66-11)24-56(34)31-13-14-31/h15-16,24,26-32,36-37,42-44,48,57,60-61,65H,12-14,17-23,25H2,1-11H3,(H,52,62)/t26-,27-,28+,29-,30-,32?,36+,37-,42-,43+,44-,48+,49-,50+/m1/s1. The van der Waals surface area contributed by atoms with Gasteiger partial charge in [-0.15, -0.1) is 0 Å². The van der Waals surface area contributed by atoms with Gasteiger partial charge in [-0.3, -0.25) is 24.1 Å². The van der Waals surface area contributed by atoms with E-state index in [2.05, 4.69) is 5.32 Å². The summed E-state index contributed by atoms with van der Waals surface area (Å²) in [7, 11) is 4.82. The lowest BCUT2D eigenvalue weighted by molar-refractivity contribution is -0.298. The molecule has 14 atom stereocenters. The van der Waals surface area contributed by atoms with E-state index in [4.69, 9.17) is 23.7 Å². The molecule has 2 aromatic rings. The van der Waals surface area contributed by atoms with Crippen LogP contribution in [0.4, 0.5) is 10.1 Å². The van der Waals surface area contributed by atoms with Crippen molar-refractivity contribution < 1.29 is 67.7 Å². The van der Waals surface area contributed by atoms with E-state index in [1.54, 1.807) is 44.4 Å². The molecule has 1 aromatic carbocycles. The molecule has 1 amide bonds. The molecule has 1 unspecified atom stereocenters. The number of aliphatic hydroxyl groups excluding tert-OH is 3. The van der Waals surface area contributed by atoms with Crippen LogP contribution in [0.2, 0.25) is 0 Å². The highest BCUT2D eigenvalue weighted by Crippen LogP contribution is 2.39. The first kappa shape index (κ1) is 55.2. The van der Waals surface area contributed by atoms with E-state index in [1.165, 1.54) is 34.1 Å². The van der Waals surface area contributed by atoms with Crippen molar-refractivity contribution in [2.45, 2.75) is 160 Å². The lowest BCUT2D eigenvalue weighted by Crippen LogP contribution is -2.60. The maximum Gasteiger partial charge on any atom is 0.343 e. The van der Waals surface area contributed by atoms with Gasteiger partial charge >= 0.3 is 11.9 Å². The number of carbonyl (C=O) groups is 4. The second kappa shape index (κ2) is 22.3. The highest BCUT2D eigenvalue weighted by Gasteiger charge is 2.51. The summed E-state index contributed by atoms with van der Waals surface area (Å²) >= 11 is 0. The lowest BCUT2D eigenvalue weighted by Gasteiger charge is -2.47. The number of ether oxygens (including phenoxy) is 5. The van der Waals surface area contributed by atoms with Crippen molar-refractivity contribution >= 4 is 40.2 Å². The zero-order chi connectivity index (χ0) is 51.7. The van der Waals surface area contributed by atoms with Gasteiger partial charge in [-0.2, -0.15) is 0 Å². The number of likely N-dealkylation sites (N-methyl/N-ethyl adjacent to an activating group) is 1. The number of aliphatic hydroxyl groups is 4. The SMILES string of the molecule is CC[C@H]1OC(=O)[C@H](C)C(=O)[C@H](C)[C@@H](O[C@@H]2O[C@H](C)C[C@H](N(C)C)[C@H]2O)[C@](C)(OCC(O)CN2CCN(c3ccc4c(c3F)c(=O)c(C(=O)OC)cn4C3CC3)CC2)C[C@@H](C)NC(=O)[C@H](C)[C@H](O)[C@@]1(C)O. The van der Waals surface area contributed by atoms with Crippen LogP contribution in [0.5, 0.6) is 0 Å². The van der Waals surface area contributed by atoms with Crippen molar-refractivity contribution in [3.8, 4) is 0 Å². The smallest absolute Gasteiger partial charge is 0.343 e. The van der Waals surface area contributed by atoms with Crippen molar-refractivity contribution in [3.05, 3.63) is 39.9 Å². The zero-order valence-corrected chi connectivity index (χ0v) is 42.6. The minimum absolute atomic E-state index is 0.0400. The molecule has 3 saturated heterocycles. The van der Waals surface area contributed by atoms with Gasteiger partial charge in [0.1, 0.15) is 29.3 Å². The number of cyclic esters (lactones) is 1. The highest BCUT2D eigenvalue weighted by atomic mass is 19.1. The number of aromatic nitrogens is 1. The molecule has 1 aromatic heterocycles. The minimum atomic E-state index is -2.08. The number of piperazine rings is 1. The summed E-state index contributed by atoms with van der Waals surface area (Å²) in [5.41, 5.74) is -3.98. The molecule has 20 heteroatoms. The largest absolute Gasteiger partial charge is 0.465 e. The first-order chi connectivity index (χ1) is 32.8. The van der Waals surface area contributed by atoms with Crippen LogP contribution >= 0.6 is 0 Å². The van der Waals surface area contributed by atoms with Crippen LogP contribution in [0.3, 0.4) is 0 Å². The van der Waals surface area contributed by atoms with Crippen LogP contribution in [-0.4, -0.2) is 185 Å². The van der Waals surface area contributed by atoms with Gasteiger partial charge in [0.25, 0.3) is 0 Å². The van der Waals surface area contributed by atoms with Gasteiger partial charge in [-0.1, -0.05) is 20.8 Å². The van der Waals surface area contributed by atoms with Gasteiger partial charge in [0, 0.05) is 63.0 Å².